The molecule has 1 aliphatic heterocycles. The van der Waals surface area contributed by atoms with E-state index in [-0.39, 0.29) is 48.2 Å². The molecule has 2 heterocycles. The molecule has 0 atom stereocenters. The Hall–Kier alpha value is -6.20. The van der Waals surface area contributed by atoms with E-state index in [2.05, 4.69) is 15.6 Å². The van der Waals surface area contributed by atoms with Crippen LogP contribution in [0.25, 0.3) is 11.4 Å². The first-order valence-electron chi connectivity index (χ1n) is 22.9. The van der Waals surface area contributed by atoms with Crippen molar-refractivity contribution in [3.8, 4) is 28.6 Å². The van der Waals surface area contributed by atoms with Crippen LogP contribution in [0.1, 0.15) is 99.5 Å². The molecule has 17 heteroatoms. The molecule has 0 bridgehead atoms. The Morgan fingerprint density at radius 3 is 1.81 bits per heavy atom. The van der Waals surface area contributed by atoms with Gasteiger partial charge in [-0.2, -0.15) is 9.10 Å². The number of hydrogen-bond donors (Lipinski definition) is 2. The molecule has 0 radical (unpaired) electrons. The van der Waals surface area contributed by atoms with Crippen LogP contribution in [-0.2, 0) is 40.8 Å². The van der Waals surface area contributed by atoms with Crippen molar-refractivity contribution in [1.82, 2.24) is 34.7 Å². The van der Waals surface area contributed by atoms with Crippen molar-refractivity contribution in [3.63, 3.8) is 0 Å². The van der Waals surface area contributed by atoms with Crippen molar-refractivity contribution >= 4 is 22.2 Å². The van der Waals surface area contributed by atoms with Gasteiger partial charge in [0.05, 0.1) is 32.8 Å². The Morgan fingerprint density at radius 2 is 1.30 bits per heavy atom. The van der Waals surface area contributed by atoms with E-state index < -0.39 is 27.8 Å². The molecule has 7 rings (SSSR count). The summed E-state index contributed by atoms with van der Waals surface area (Å²) >= 11 is 0. The Bertz CT molecular complexity index is 2500. The SMILES string of the molecule is COc1ccc(CN(Cc2ccc(OC)cc2)S(=O)(=O)c2c(CCC3CCN(C(=O)O)CC3)ccc(C3CCC(NC(=O)OC(C)(C)C)CC3)c2-c2nnn(Cc3ccc(OC)cc3)n2)cc1. The number of aromatic nitrogens is 4. The van der Waals surface area contributed by atoms with E-state index in [0.717, 1.165) is 22.3 Å². The van der Waals surface area contributed by atoms with Crippen molar-refractivity contribution in [2.75, 3.05) is 34.4 Å². The number of methoxy groups -OCH3 is 3. The van der Waals surface area contributed by atoms with Crippen LogP contribution in [0.4, 0.5) is 9.59 Å². The van der Waals surface area contributed by atoms with Crippen LogP contribution in [0.3, 0.4) is 0 Å². The number of nitrogens with zero attached hydrogens (tertiary/aromatic N) is 6. The standard InChI is InChI=1S/C50H63N7O9S/c1-50(2,3)66-48(58)51-40-18-15-38(16-19-40)44-26-17-39(14-7-34-27-29-55(30-28-34)49(59)60)46(45(44)47-52-54-57(53-47)33-37-12-24-43(65-6)25-13-37)67(61,62)56(31-35-8-20-41(63-4)21-9-35)32-36-10-22-42(64-5)23-11-36/h8-13,17,20-26,34,38,40H,7,14-16,18-19,27-33H2,1-6H3,(H,51,58)(H,59,60). The van der Waals surface area contributed by atoms with E-state index in [1.54, 1.807) is 21.3 Å². The zero-order valence-electron chi connectivity index (χ0n) is 39.3. The number of carboxylic acid groups (broad SMARTS) is 1. The van der Waals surface area contributed by atoms with E-state index >= 15 is 8.42 Å². The molecule has 1 aromatic heterocycles. The minimum Gasteiger partial charge on any atom is -0.497 e. The topological polar surface area (TPSA) is 188 Å². The Kier molecular flexibility index (Phi) is 15.7. The number of likely N-dealkylation sites (tertiary alicyclic amines) is 1. The summed E-state index contributed by atoms with van der Waals surface area (Å²) in [5.41, 5.74) is 3.63. The van der Waals surface area contributed by atoms with E-state index in [1.807, 2.05) is 106 Å². The smallest absolute Gasteiger partial charge is 0.407 e. The molecule has 2 aliphatic rings. The van der Waals surface area contributed by atoms with Crippen LogP contribution in [-0.4, -0.2) is 101 Å². The maximum absolute atomic E-state index is 16.1. The lowest BCUT2D eigenvalue weighted by Gasteiger charge is -2.33. The van der Waals surface area contributed by atoms with E-state index in [0.29, 0.717) is 92.8 Å². The van der Waals surface area contributed by atoms with Crippen LogP contribution in [0.15, 0.2) is 89.8 Å². The molecule has 1 saturated heterocycles. The number of sulfonamides is 1. The summed E-state index contributed by atoms with van der Waals surface area (Å²) in [5.74, 6) is 2.31. The second-order valence-corrected chi connectivity index (χ2v) is 20.3. The first-order chi connectivity index (χ1) is 32.1. The lowest BCUT2D eigenvalue weighted by Crippen LogP contribution is -2.40. The van der Waals surface area contributed by atoms with Gasteiger partial charge in [-0.1, -0.05) is 48.5 Å². The average molecular weight is 938 g/mol. The fourth-order valence-electron chi connectivity index (χ4n) is 9.03. The van der Waals surface area contributed by atoms with Crippen LogP contribution < -0.4 is 19.5 Å². The monoisotopic (exact) mass is 937 g/mol. The molecule has 0 unspecified atom stereocenters. The summed E-state index contributed by atoms with van der Waals surface area (Å²) in [4.78, 5) is 27.6. The molecule has 67 heavy (non-hydrogen) atoms. The van der Waals surface area contributed by atoms with Gasteiger partial charge in [-0.3, -0.25) is 0 Å². The fraction of sp³-hybridized carbons (Fsp3) is 0.460. The van der Waals surface area contributed by atoms with Crippen molar-refractivity contribution in [1.29, 1.82) is 0 Å². The summed E-state index contributed by atoms with van der Waals surface area (Å²) in [6.45, 7) is 6.74. The summed E-state index contributed by atoms with van der Waals surface area (Å²) < 4.78 is 55.5. The maximum Gasteiger partial charge on any atom is 0.407 e. The quantitative estimate of drug-likeness (QED) is 0.0905. The Labute approximate surface area is 393 Å². The highest BCUT2D eigenvalue weighted by Crippen LogP contribution is 2.43. The number of benzene rings is 4. The molecule has 2 N–H and O–H groups in total. The van der Waals surface area contributed by atoms with Gasteiger partial charge in [0.1, 0.15) is 22.8 Å². The number of carbonyl (C=O) groups excluding carboxylic acids is 1. The highest BCUT2D eigenvalue weighted by Gasteiger charge is 2.37. The molecule has 358 valence electrons. The minimum absolute atomic E-state index is 0.0497. The number of alkyl carbamates (subject to hydrolysis) is 1. The second-order valence-electron chi connectivity index (χ2n) is 18.4. The summed E-state index contributed by atoms with van der Waals surface area (Å²) in [6.07, 6.45) is 3.69. The van der Waals surface area contributed by atoms with Crippen molar-refractivity contribution in [3.05, 3.63) is 113 Å². The number of rotatable bonds is 17. The maximum atomic E-state index is 16.1. The zero-order chi connectivity index (χ0) is 47.7. The lowest BCUT2D eigenvalue weighted by atomic mass is 9.79. The lowest BCUT2D eigenvalue weighted by molar-refractivity contribution is 0.0491. The third kappa shape index (κ3) is 12.6. The number of nitrogens with one attached hydrogen (secondary N) is 1. The summed E-state index contributed by atoms with van der Waals surface area (Å²) in [7, 11) is 0.395. The largest absolute Gasteiger partial charge is 0.497 e. The predicted molar refractivity (Wildman–Crippen MR) is 253 cm³/mol. The third-order valence-electron chi connectivity index (χ3n) is 12.7. The van der Waals surface area contributed by atoms with Crippen molar-refractivity contribution < 1.29 is 42.1 Å². The number of ether oxygens (including phenoxy) is 4. The molecule has 2 fully saturated rings. The molecule has 5 aromatic rings. The number of piperidine rings is 1. The van der Waals surface area contributed by atoms with Gasteiger partial charge < -0.3 is 34.3 Å². The number of aryl methyl sites for hydroxylation is 1. The van der Waals surface area contributed by atoms with Crippen LogP contribution >= 0.6 is 0 Å². The first-order valence-corrected chi connectivity index (χ1v) is 24.4. The van der Waals surface area contributed by atoms with Gasteiger partial charge in [-0.15, -0.1) is 10.2 Å². The van der Waals surface area contributed by atoms with Gasteiger partial charge in [0.25, 0.3) is 0 Å². The van der Waals surface area contributed by atoms with Gasteiger partial charge in [0.2, 0.25) is 15.8 Å². The third-order valence-corrected chi connectivity index (χ3v) is 14.6. The highest BCUT2D eigenvalue weighted by molar-refractivity contribution is 7.89. The molecule has 1 saturated carbocycles. The van der Waals surface area contributed by atoms with Crippen LogP contribution in [0.5, 0.6) is 17.2 Å². The molecule has 16 nitrogen and oxygen atoms in total. The van der Waals surface area contributed by atoms with Crippen LogP contribution in [0, 0.1) is 5.92 Å². The molecule has 0 spiro atoms. The Balaban J connectivity index is 1.34. The van der Waals surface area contributed by atoms with Gasteiger partial charge in [0, 0.05) is 37.8 Å². The molecular formula is C50H63N7O9S. The average Bonchev–Trinajstić information content (AvgIpc) is 3.78. The predicted octanol–water partition coefficient (Wildman–Crippen LogP) is 8.68. The molecule has 4 aromatic carbocycles. The second kappa shape index (κ2) is 21.6. The fourth-order valence-corrected chi connectivity index (χ4v) is 10.9. The highest BCUT2D eigenvalue weighted by atomic mass is 32.2. The number of tetrazole rings is 1. The number of hydrogen-bond acceptors (Lipinski definition) is 11. The van der Waals surface area contributed by atoms with E-state index in [4.69, 9.17) is 24.0 Å². The molecule has 2 amide bonds. The molecule has 1 aliphatic carbocycles. The van der Waals surface area contributed by atoms with Crippen LogP contribution in [0.2, 0.25) is 0 Å². The van der Waals surface area contributed by atoms with Gasteiger partial charge in [-0.05, 0) is 153 Å². The summed E-state index contributed by atoms with van der Waals surface area (Å²) in [6, 6.07) is 26.2. The zero-order valence-corrected chi connectivity index (χ0v) is 40.1. The first kappa shape index (κ1) is 48.7. The van der Waals surface area contributed by atoms with Gasteiger partial charge >= 0.3 is 12.2 Å². The number of carbonyl (C=O) groups is 2. The van der Waals surface area contributed by atoms with Gasteiger partial charge in [0.15, 0.2) is 0 Å². The number of amides is 2. The van der Waals surface area contributed by atoms with E-state index in [9.17, 15) is 14.7 Å². The summed E-state index contributed by atoms with van der Waals surface area (Å²) in [5, 5.41) is 26.7. The molecular weight excluding hydrogens is 875 g/mol. The van der Waals surface area contributed by atoms with Gasteiger partial charge in [-0.25, -0.2) is 18.0 Å². The minimum atomic E-state index is -4.39. The Morgan fingerprint density at radius 1 is 0.761 bits per heavy atom. The van der Waals surface area contributed by atoms with Crippen molar-refractivity contribution in [2.24, 2.45) is 5.92 Å². The normalized spacial score (nSPS) is 17.0. The van der Waals surface area contributed by atoms with E-state index in [1.165, 1.54) is 14.0 Å². The van der Waals surface area contributed by atoms with Crippen molar-refractivity contribution in [2.45, 2.75) is 114 Å².